The summed E-state index contributed by atoms with van der Waals surface area (Å²) in [6.45, 7) is 4.08. The Morgan fingerprint density at radius 2 is 2.17 bits per heavy atom. The molecule has 0 aliphatic heterocycles. The van der Waals surface area contributed by atoms with Gasteiger partial charge in [-0.25, -0.2) is 4.39 Å². The summed E-state index contributed by atoms with van der Waals surface area (Å²) in [6.07, 6.45) is 0. The quantitative estimate of drug-likeness (QED) is 0.897. The van der Waals surface area contributed by atoms with Crippen LogP contribution in [0.2, 0.25) is 0 Å². The minimum absolute atomic E-state index is 0.171. The number of halogens is 1. The van der Waals surface area contributed by atoms with Gasteiger partial charge in [-0.15, -0.1) is 11.3 Å². The Kier molecular flexibility index (Phi) is 3.36. The minimum atomic E-state index is -0.446. The molecule has 5 heteroatoms. The average Bonchev–Trinajstić information content (AvgIpc) is 2.67. The van der Waals surface area contributed by atoms with Crippen molar-refractivity contribution in [2.75, 3.05) is 6.54 Å². The van der Waals surface area contributed by atoms with Crippen LogP contribution >= 0.6 is 11.3 Å². The molecule has 0 radical (unpaired) electrons. The summed E-state index contributed by atoms with van der Waals surface area (Å²) in [5.74, 6) is -0.463. The van der Waals surface area contributed by atoms with Gasteiger partial charge in [0.2, 0.25) is 0 Å². The maximum Gasteiger partial charge on any atom is 0.261 e. The van der Waals surface area contributed by atoms with Crippen molar-refractivity contribution in [3.63, 3.8) is 0 Å². The van der Waals surface area contributed by atoms with Gasteiger partial charge in [-0.05, 0) is 37.4 Å². The molecule has 0 spiro atoms. The van der Waals surface area contributed by atoms with Gasteiger partial charge in [0.05, 0.1) is 4.88 Å². The zero-order valence-electron chi connectivity index (χ0n) is 10.3. The molecule has 1 aromatic heterocycles. The van der Waals surface area contributed by atoms with Gasteiger partial charge < -0.3 is 11.1 Å². The molecular weight excluding hydrogens is 251 g/mol. The summed E-state index contributed by atoms with van der Waals surface area (Å²) in [6, 6.07) is 6.26. The molecule has 1 heterocycles. The van der Waals surface area contributed by atoms with E-state index in [9.17, 15) is 9.18 Å². The lowest BCUT2D eigenvalue weighted by Crippen LogP contribution is -2.44. The summed E-state index contributed by atoms with van der Waals surface area (Å²) in [5, 5.41) is 3.64. The van der Waals surface area contributed by atoms with Crippen LogP contribution in [-0.4, -0.2) is 18.0 Å². The van der Waals surface area contributed by atoms with Crippen LogP contribution in [0.1, 0.15) is 23.5 Å². The van der Waals surface area contributed by atoms with E-state index in [0.29, 0.717) is 11.4 Å². The Morgan fingerprint density at radius 1 is 1.44 bits per heavy atom. The molecule has 3 N–H and O–H groups in total. The Hall–Kier alpha value is -1.46. The molecule has 2 rings (SSSR count). The molecule has 0 unspecified atom stereocenters. The van der Waals surface area contributed by atoms with Crippen LogP contribution in [0, 0.1) is 5.82 Å². The van der Waals surface area contributed by atoms with Crippen molar-refractivity contribution in [1.29, 1.82) is 0 Å². The summed E-state index contributed by atoms with van der Waals surface area (Å²) in [4.78, 5) is 12.5. The Bertz CT molecular complexity index is 586. The van der Waals surface area contributed by atoms with Crippen LogP contribution in [0.25, 0.3) is 10.1 Å². The second-order valence-corrected chi connectivity index (χ2v) is 6.05. The number of carbonyl (C=O) groups is 1. The van der Waals surface area contributed by atoms with Gasteiger partial charge in [0.25, 0.3) is 5.91 Å². The predicted octanol–water partition coefficient (Wildman–Crippen LogP) is 2.51. The number of nitrogens with one attached hydrogen (secondary N) is 1. The van der Waals surface area contributed by atoms with Crippen molar-refractivity contribution in [3.05, 3.63) is 35.0 Å². The predicted molar refractivity (Wildman–Crippen MR) is 72.4 cm³/mol. The highest BCUT2D eigenvalue weighted by molar-refractivity contribution is 7.20. The highest BCUT2D eigenvalue weighted by Gasteiger charge is 2.15. The van der Waals surface area contributed by atoms with Crippen molar-refractivity contribution in [2.45, 2.75) is 19.4 Å². The van der Waals surface area contributed by atoms with E-state index in [2.05, 4.69) is 5.32 Å². The van der Waals surface area contributed by atoms with E-state index in [1.54, 1.807) is 12.1 Å². The Balaban J connectivity index is 2.18. The lowest BCUT2D eigenvalue weighted by molar-refractivity contribution is 0.0950. The summed E-state index contributed by atoms with van der Waals surface area (Å²) >= 11 is 1.28. The van der Waals surface area contributed by atoms with E-state index in [1.807, 2.05) is 13.8 Å². The number of hydrogen-bond donors (Lipinski definition) is 2. The molecule has 0 saturated carbocycles. The van der Waals surface area contributed by atoms with Gasteiger partial charge in [-0.2, -0.15) is 0 Å². The second-order valence-electron chi connectivity index (χ2n) is 4.96. The van der Waals surface area contributed by atoms with Crippen LogP contribution in [-0.2, 0) is 0 Å². The SMILES string of the molecule is CC(C)(N)CNC(=O)c1cc2ccc(F)cc2s1. The van der Waals surface area contributed by atoms with E-state index in [0.717, 1.165) is 10.1 Å². The van der Waals surface area contributed by atoms with E-state index in [-0.39, 0.29) is 11.7 Å². The molecule has 0 aliphatic rings. The van der Waals surface area contributed by atoms with Gasteiger partial charge >= 0.3 is 0 Å². The number of carbonyl (C=O) groups excluding carboxylic acids is 1. The molecule has 2 aromatic rings. The minimum Gasteiger partial charge on any atom is -0.350 e. The molecule has 0 saturated heterocycles. The first kappa shape index (κ1) is 13.0. The maximum absolute atomic E-state index is 13.0. The normalized spacial score (nSPS) is 11.8. The molecule has 1 aromatic carbocycles. The highest BCUT2D eigenvalue weighted by Crippen LogP contribution is 2.26. The van der Waals surface area contributed by atoms with E-state index >= 15 is 0 Å². The van der Waals surface area contributed by atoms with E-state index < -0.39 is 5.54 Å². The molecule has 0 fully saturated rings. The largest absolute Gasteiger partial charge is 0.350 e. The van der Waals surface area contributed by atoms with Crippen molar-refractivity contribution >= 4 is 27.3 Å². The van der Waals surface area contributed by atoms with Crippen LogP contribution < -0.4 is 11.1 Å². The average molecular weight is 266 g/mol. The first-order chi connectivity index (χ1) is 8.35. The lowest BCUT2D eigenvalue weighted by Gasteiger charge is -2.18. The van der Waals surface area contributed by atoms with Crippen LogP contribution in [0.4, 0.5) is 4.39 Å². The second kappa shape index (κ2) is 4.66. The molecule has 18 heavy (non-hydrogen) atoms. The number of nitrogens with two attached hydrogens (primary N) is 1. The third-order valence-corrected chi connectivity index (χ3v) is 3.51. The van der Waals surface area contributed by atoms with Crippen LogP contribution in [0.5, 0.6) is 0 Å². The Morgan fingerprint density at radius 3 is 2.83 bits per heavy atom. The fraction of sp³-hybridized carbons (Fsp3) is 0.308. The topological polar surface area (TPSA) is 55.1 Å². The molecule has 96 valence electrons. The fourth-order valence-electron chi connectivity index (χ4n) is 1.51. The van der Waals surface area contributed by atoms with Gasteiger partial charge in [0, 0.05) is 16.8 Å². The molecule has 0 bridgehead atoms. The Labute approximate surface area is 109 Å². The van der Waals surface area contributed by atoms with Gasteiger partial charge in [0.15, 0.2) is 0 Å². The summed E-state index contributed by atoms with van der Waals surface area (Å²) in [5.41, 5.74) is 5.35. The van der Waals surface area contributed by atoms with Crippen molar-refractivity contribution in [3.8, 4) is 0 Å². The maximum atomic E-state index is 13.0. The van der Waals surface area contributed by atoms with Gasteiger partial charge in [-0.3, -0.25) is 4.79 Å². The smallest absolute Gasteiger partial charge is 0.261 e. The molecular formula is C13H15FN2OS. The standard InChI is InChI=1S/C13H15FN2OS/c1-13(2,15)7-16-12(17)11-5-8-3-4-9(14)6-10(8)18-11/h3-6H,7,15H2,1-2H3,(H,16,17). The molecule has 3 nitrogen and oxygen atoms in total. The molecule has 1 amide bonds. The summed E-state index contributed by atoms with van der Waals surface area (Å²) in [7, 11) is 0. The van der Waals surface area contributed by atoms with Crippen molar-refractivity contribution in [1.82, 2.24) is 5.32 Å². The monoisotopic (exact) mass is 266 g/mol. The molecule has 0 atom stereocenters. The fourth-order valence-corrected chi connectivity index (χ4v) is 2.52. The summed E-state index contributed by atoms with van der Waals surface area (Å²) < 4.78 is 13.8. The lowest BCUT2D eigenvalue weighted by atomic mass is 10.1. The number of fused-ring (bicyclic) bond motifs is 1. The molecule has 0 aliphatic carbocycles. The number of thiophene rings is 1. The van der Waals surface area contributed by atoms with Crippen molar-refractivity contribution < 1.29 is 9.18 Å². The zero-order chi connectivity index (χ0) is 13.3. The third-order valence-electron chi connectivity index (χ3n) is 2.41. The number of rotatable bonds is 3. The number of benzene rings is 1. The zero-order valence-corrected chi connectivity index (χ0v) is 11.1. The third kappa shape index (κ3) is 3.05. The van der Waals surface area contributed by atoms with Crippen LogP contribution in [0.15, 0.2) is 24.3 Å². The number of amides is 1. The first-order valence-corrected chi connectivity index (χ1v) is 6.43. The van der Waals surface area contributed by atoms with Gasteiger partial charge in [-0.1, -0.05) is 6.07 Å². The number of hydrogen-bond acceptors (Lipinski definition) is 3. The van der Waals surface area contributed by atoms with Gasteiger partial charge in [0.1, 0.15) is 5.82 Å². The van der Waals surface area contributed by atoms with Crippen molar-refractivity contribution in [2.24, 2.45) is 5.73 Å². The first-order valence-electron chi connectivity index (χ1n) is 5.61. The van der Waals surface area contributed by atoms with Crippen LogP contribution in [0.3, 0.4) is 0 Å². The van der Waals surface area contributed by atoms with E-state index in [4.69, 9.17) is 5.73 Å². The van der Waals surface area contributed by atoms with E-state index in [1.165, 1.54) is 23.5 Å². The highest BCUT2D eigenvalue weighted by atomic mass is 32.1.